The molecule has 1 unspecified atom stereocenters. The van der Waals surface area contributed by atoms with Gasteiger partial charge in [0.25, 0.3) is 0 Å². The zero-order valence-corrected chi connectivity index (χ0v) is 12.9. The largest absolute Gasteiger partial charge is 0.476 e. The quantitative estimate of drug-likeness (QED) is 0.902. The molecule has 8 heteroatoms. The number of benzene rings is 1. The van der Waals surface area contributed by atoms with E-state index in [1.807, 2.05) is 6.92 Å². The fourth-order valence-electron chi connectivity index (χ4n) is 2.99. The molecule has 0 radical (unpaired) electrons. The Hall–Kier alpha value is -2.35. The highest BCUT2D eigenvalue weighted by Crippen LogP contribution is 2.32. The van der Waals surface area contributed by atoms with Crippen LogP contribution in [0, 0.1) is 0 Å². The molecule has 2 N–H and O–H groups in total. The maximum atomic E-state index is 13.2. The monoisotopic (exact) mass is 339 g/mol. The number of carboxylic acid groups (broad SMARTS) is 1. The van der Waals surface area contributed by atoms with Crippen molar-refractivity contribution in [1.82, 2.24) is 15.1 Å². The molecule has 0 saturated carbocycles. The number of halogens is 3. The predicted molar refractivity (Wildman–Crippen MR) is 79.7 cm³/mol. The maximum absolute atomic E-state index is 13.2. The fraction of sp³-hybridized carbons (Fsp3) is 0.375. The summed E-state index contributed by atoms with van der Waals surface area (Å²) in [5.41, 5.74) is 0.459. The van der Waals surface area contributed by atoms with E-state index in [-0.39, 0.29) is 23.8 Å². The Morgan fingerprint density at radius 3 is 2.79 bits per heavy atom. The third kappa shape index (κ3) is 3.01. The standard InChI is InChI=1S/C16H16F3N3O2/c1-9-6-13-11(7-20-9)14(15(23)24)21-22(13)8-10-4-2-3-5-12(10)16(17,18)19/h2-5,9,20H,6-8H2,1H3,(H,23,24). The summed E-state index contributed by atoms with van der Waals surface area (Å²) in [5.74, 6) is -1.18. The van der Waals surface area contributed by atoms with E-state index in [0.29, 0.717) is 24.2 Å². The third-order valence-electron chi connectivity index (χ3n) is 4.14. The van der Waals surface area contributed by atoms with Crippen LogP contribution in [0.25, 0.3) is 0 Å². The van der Waals surface area contributed by atoms with Gasteiger partial charge in [0.2, 0.25) is 0 Å². The van der Waals surface area contributed by atoms with Crippen molar-refractivity contribution in [2.24, 2.45) is 0 Å². The van der Waals surface area contributed by atoms with Crippen LogP contribution in [-0.2, 0) is 25.7 Å². The highest BCUT2D eigenvalue weighted by atomic mass is 19.4. The summed E-state index contributed by atoms with van der Waals surface area (Å²) in [7, 11) is 0. The number of fused-ring (bicyclic) bond motifs is 1. The van der Waals surface area contributed by atoms with Crippen LogP contribution in [0.4, 0.5) is 13.2 Å². The van der Waals surface area contributed by atoms with Crippen molar-refractivity contribution in [3.63, 3.8) is 0 Å². The van der Waals surface area contributed by atoms with Crippen LogP contribution >= 0.6 is 0 Å². The average Bonchev–Trinajstić information content (AvgIpc) is 2.85. The van der Waals surface area contributed by atoms with Gasteiger partial charge in [-0.1, -0.05) is 18.2 Å². The van der Waals surface area contributed by atoms with Gasteiger partial charge in [-0.15, -0.1) is 0 Å². The molecule has 0 amide bonds. The molecule has 1 aromatic carbocycles. The minimum Gasteiger partial charge on any atom is -0.476 e. The van der Waals surface area contributed by atoms with Crippen LogP contribution in [0.1, 0.15) is 39.8 Å². The van der Waals surface area contributed by atoms with Gasteiger partial charge in [-0.3, -0.25) is 4.68 Å². The zero-order chi connectivity index (χ0) is 17.5. The topological polar surface area (TPSA) is 67.1 Å². The summed E-state index contributed by atoms with van der Waals surface area (Å²) in [6, 6.07) is 5.38. The van der Waals surface area contributed by atoms with Crippen LogP contribution in [0.2, 0.25) is 0 Å². The Labute approximate surface area is 136 Å². The number of alkyl halides is 3. The van der Waals surface area contributed by atoms with E-state index in [2.05, 4.69) is 10.4 Å². The van der Waals surface area contributed by atoms with Gasteiger partial charge in [-0.2, -0.15) is 18.3 Å². The Kier molecular flexibility index (Phi) is 4.08. The minimum atomic E-state index is -4.46. The average molecular weight is 339 g/mol. The van der Waals surface area contributed by atoms with Crippen molar-refractivity contribution in [1.29, 1.82) is 0 Å². The molecule has 0 saturated heterocycles. The van der Waals surface area contributed by atoms with Crippen molar-refractivity contribution in [2.75, 3.05) is 0 Å². The number of hydrogen-bond acceptors (Lipinski definition) is 3. The van der Waals surface area contributed by atoms with E-state index < -0.39 is 17.7 Å². The van der Waals surface area contributed by atoms with Crippen LogP contribution in [0.5, 0.6) is 0 Å². The molecule has 0 fully saturated rings. The number of rotatable bonds is 3. The molecule has 0 bridgehead atoms. The predicted octanol–water partition coefficient (Wildman–Crippen LogP) is 2.68. The SMILES string of the molecule is CC1Cc2c(c(C(=O)O)nn2Cc2ccccc2C(F)(F)F)CN1. The first-order chi connectivity index (χ1) is 11.3. The van der Waals surface area contributed by atoms with Crippen LogP contribution in [0.15, 0.2) is 24.3 Å². The van der Waals surface area contributed by atoms with Crippen molar-refractivity contribution < 1.29 is 23.1 Å². The second-order valence-electron chi connectivity index (χ2n) is 5.88. The van der Waals surface area contributed by atoms with Gasteiger partial charge >= 0.3 is 12.1 Å². The van der Waals surface area contributed by atoms with Crippen LogP contribution in [0.3, 0.4) is 0 Å². The Morgan fingerprint density at radius 2 is 2.12 bits per heavy atom. The number of carbonyl (C=O) groups is 1. The first-order valence-corrected chi connectivity index (χ1v) is 7.47. The molecule has 1 aliphatic rings. The van der Waals surface area contributed by atoms with E-state index in [1.165, 1.54) is 22.9 Å². The lowest BCUT2D eigenvalue weighted by Crippen LogP contribution is -2.34. The van der Waals surface area contributed by atoms with Crippen molar-refractivity contribution in [3.8, 4) is 0 Å². The highest BCUT2D eigenvalue weighted by molar-refractivity contribution is 5.87. The molecule has 1 aliphatic heterocycles. The molecular formula is C16H16F3N3O2. The van der Waals surface area contributed by atoms with Crippen molar-refractivity contribution in [3.05, 3.63) is 52.3 Å². The second kappa shape index (κ2) is 5.94. The lowest BCUT2D eigenvalue weighted by molar-refractivity contribution is -0.138. The molecule has 5 nitrogen and oxygen atoms in total. The molecule has 0 aliphatic carbocycles. The van der Waals surface area contributed by atoms with Gasteiger partial charge < -0.3 is 10.4 Å². The Morgan fingerprint density at radius 1 is 1.42 bits per heavy atom. The Balaban J connectivity index is 2.05. The summed E-state index contributed by atoms with van der Waals surface area (Å²) in [6.45, 7) is 2.17. The zero-order valence-electron chi connectivity index (χ0n) is 12.9. The molecule has 1 atom stereocenters. The van der Waals surface area contributed by atoms with Gasteiger partial charge in [0.15, 0.2) is 5.69 Å². The summed E-state index contributed by atoms with van der Waals surface area (Å²) < 4.78 is 40.8. The fourth-order valence-corrected chi connectivity index (χ4v) is 2.99. The van der Waals surface area contributed by atoms with E-state index in [1.54, 1.807) is 0 Å². The number of nitrogens with zero attached hydrogens (tertiary/aromatic N) is 2. The van der Waals surface area contributed by atoms with E-state index in [9.17, 15) is 23.1 Å². The highest BCUT2D eigenvalue weighted by Gasteiger charge is 2.34. The van der Waals surface area contributed by atoms with Gasteiger partial charge in [-0.05, 0) is 18.6 Å². The summed E-state index contributed by atoms with van der Waals surface area (Å²) in [4.78, 5) is 11.4. The molecule has 2 aromatic rings. The minimum absolute atomic E-state index is 0.0680. The Bertz CT molecular complexity index is 783. The number of carboxylic acids is 1. The number of aromatic nitrogens is 2. The third-order valence-corrected chi connectivity index (χ3v) is 4.14. The number of aromatic carboxylic acids is 1. The van der Waals surface area contributed by atoms with Gasteiger partial charge in [0.1, 0.15) is 0 Å². The molecular weight excluding hydrogens is 323 g/mol. The maximum Gasteiger partial charge on any atom is 0.416 e. The summed E-state index contributed by atoms with van der Waals surface area (Å²) >= 11 is 0. The van der Waals surface area contributed by atoms with Crippen molar-refractivity contribution in [2.45, 2.75) is 38.7 Å². The molecule has 128 valence electrons. The number of hydrogen-bond donors (Lipinski definition) is 2. The van der Waals surface area contributed by atoms with Gasteiger partial charge in [0, 0.05) is 30.3 Å². The molecule has 3 rings (SSSR count). The van der Waals surface area contributed by atoms with E-state index >= 15 is 0 Å². The summed E-state index contributed by atoms with van der Waals surface area (Å²) in [5, 5.41) is 16.5. The van der Waals surface area contributed by atoms with Gasteiger partial charge in [-0.25, -0.2) is 4.79 Å². The van der Waals surface area contributed by atoms with Crippen LogP contribution in [-0.4, -0.2) is 26.9 Å². The molecule has 0 spiro atoms. The van der Waals surface area contributed by atoms with E-state index in [0.717, 1.165) is 6.07 Å². The number of nitrogens with one attached hydrogen (secondary N) is 1. The molecule has 24 heavy (non-hydrogen) atoms. The second-order valence-corrected chi connectivity index (χ2v) is 5.88. The first-order valence-electron chi connectivity index (χ1n) is 7.47. The molecule has 1 aromatic heterocycles. The smallest absolute Gasteiger partial charge is 0.416 e. The normalized spacial score (nSPS) is 17.6. The van der Waals surface area contributed by atoms with Crippen molar-refractivity contribution >= 4 is 5.97 Å². The molecule has 2 heterocycles. The van der Waals surface area contributed by atoms with Gasteiger partial charge in [0.05, 0.1) is 12.1 Å². The van der Waals surface area contributed by atoms with Crippen LogP contribution < -0.4 is 5.32 Å². The lowest BCUT2D eigenvalue weighted by atomic mass is 10.0. The summed E-state index contributed by atoms with van der Waals surface area (Å²) in [6.07, 6.45) is -3.95. The first kappa shape index (κ1) is 16.5. The lowest BCUT2D eigenvalue weighted by Gasteiger charge is -2.22. The van der Waals surface area contributed by atoms with E-state index in [4.69, 9.17) is 0 Å².